The number of urea groups is 1. The van der Waals surface area contributed by atoms with Crippen LogP contribution < -0.4 is 15.5 Å². The van der Waals surface area contributed by atoms with E-state index in [1.807, 2.05) is 12.3 Å². The molecular weight excluding hydrogens is 315 g/mol. The Morgan fingerprint density at radius 3 is 2.83 bits per heavy atom. The Hall–Kier alpha value is -2.15. The highest BCUT2D eigenvalue weighted by molar-refractivity contribution is 7.09. The number of carbonyl (C=O) groups is 1. The summed E-state index contributed by atoms with van der Waals surface area (Å²) >= 11 is 1.54. The maximum absolute atomic E-state index is 13.8. The van der Waals surface area contributed by atoms with Crippen LogP contribution in [0.4, 0.5) is 20.6 Å². The summed E-state index contributed by atoms with van der Waals surface area (Å²) in [7, 11) is 0. The van der Waals surface area contributed by atoms with Gasteiger partial charge >= 0.3 is 6.03 Å². The van der Waals surface area contributed by atoms with Crippen LogP contribution in [0.1, 0.15) is 23.5 Å². The van der Waals surface area contributed by atoms with Gasteiger partial charge in [0.25, 0.3) is 0 Å². The van der Waals surface area contributed by atoms with Crippen molar-refractivity contribution in [2.45, 2.75) is 26.3 Å². The molecule has 0 atom stereocenters. The van der Waals surface area contributed by atoms with Crippen molar-refractivity contribution in [2.24, 2.45) is 0 Å². The number of carbonyl (C=O) groups excluding carboxylic acids is 1. The summed E-state index contributed by atoms with van der Waals surface area (Å²) in [5.74, 6) is -0.347. The molecule has 1 aliphatic heterocycles. The van der Waals surface area contributed by atoms with Gasteiger partial charge in [-0.3, -0.25) is 0 Å². The summed E-state index contributed by atoms with van der Waals surface area (Å²) in [5, 5.41) is 8.28. The molecule has 7 heteroatoms. The Labute approximate surface area is 138 Å². The van der Waals surface area contributed by atoms with Gasteiger partial charge in [-0.2, -0.15) is 0 Å². The number of nitrogens with one attached hydrogen (secondary N) is 2. The Morgan fingerprint density at radius 1 is 1.35 bits per heavy atom. The van der Waals surface area contributed by atoms with E-state index in [1.54, 1.807) is 17.4 Å². The first kappa shape index (κ1) is 15.7. The molecule has 2 N–H and O–H groups in total. The molecule has 0 bridgehead atoms. The minimum absolute atomic E-state index is 0.347. The SMILES string of the molecule is Cc1nc(CNC(=O)Nc2cc(F)cc(N3CCCC3)c2)cs1. The summed E-state index contributed by atoms with van der Waals surface area (Å²) in [4.78, 5) is 18.4. The van der Waals surface area contributed by atoms with Gasteiger partial charge in [-0.15, -0.1) is 11.3 Å². The van der Waals surface area contributed by atoms with E-state index in [2.05, 4.69) is 20.5 Å². The third-order valence-corrected chi connectivity index (χ3v) is 4.53. The highest BCUT2D eigenvalue weighted by atomic mass is 32.1. The van der Waals surface area contributed by atoms with Crippen molar-refractivity contribution in [3.8, 4) is 0 Å². The molecule has 1 saturated heterocycles. The molecule has 122 valence electrons. The number of nitrogens with zero attached hydrogens (tertiary/aromatic N) is 2. The third kappa shape index (κ3) is 4.19. The van der Waals surface area contributed by atoms with E-state index >= 15 is 0 Å². The number of halogens is 1. The smallest absolute Gasteiger partial charge is 0.319 e. The first-order valence-electron chi connectivity index (χ1n) is 7.61. The maximum Gasteiger partial charge on any atom is 0.319 e. The lowest BCUT2D eigenvalue weighted by Gasteiger charge is -2.18. The molecule has 0 spiro atoms. The van der Waals surface area contributed by atoms with Crippen LogP contribution in [0.15, 0.2) is 23.6 Å². The molecule has 1 aromatic carbocycles. The van der Waals surface area contributed by atoms with Crippen molar-refractivity contribution in [1.29, 1.82) is 0 Å². The zero-order chi connectivity index (χ0) is 16.2. The zero-order valence-electron chi connectivity index (χ0n) is 12.9. The van der Waals surface area contributed by atoms with Crippen molar-refractivity contribution in [1.82, 2.24) is 10.3 Å². The summed E-state index contributed by atoms with van der Waals surface area (Å²) in [6.45, 7) is 4.13. The van der Waals surface area contributed by atoms with E-state index in [-0.39, 0.29) is 11.8 Å². The molecule has 1 fully saturated rings. The second-order valence-electron chi connectivity index (χ2n) is 5.56. The summed E-state index contributed by atoms with van der Waals surface area (Å²) in [5.41, 5.74) is 2.09. The molecule has 23 heavy (non-hydrogen) atoms. The van der Waals surface area contributed by atoms with Gasteiger partial charge in [-0.05, 0) is 38.0 Å². The molecule has 0 aliphatic carbocycles. The minimum Gasteiger partial charge on any atom is -0.371 e. The van der Waals surface area contributed by atoms with Gasteiger partial charge in [0.1, 0.15) is 5.82 Å². The molecule has 5 nitrogen and oxygen atoms in total. The Kier molecular flexibility index (Phi) is 4.76. The zero-order valence-corrected chi connectivity index (χ0v) is 13.8. The van der Waals surface area contributed by atoms with Crippen molar-refractivity contribution < 1.29 is 9.18 Å². The summed E-state index contributed by atoms with van der Waals surface area (Å²) < 4.78 is 13.8. The highest BCUT2D eigenvalue weighted by Gasteiger charge is 2.14. The summed E-state index contributed by atoms with van der Waals surface area (Å²) in [6, 6.07) is 4.27. The lowest BCUT2D eigenvalue weighted by atomic mass is 10.2. The fourth-order valence-electron chi connectivity index (χ4n) is 2.64. The molecule has 0 radical (unpaired) electrons. The predicted octanol–water partition coefficient (Wildman–Crippen LogP) is 3.51. The van der Waals surface area contributed by atoms with Crippen molar-refractivity contribution in [2.75, 3.05) is 23.3 Å². The molecule has 2 heterocycles. The number of aromatic nitrogens is 1. The number of anilines is 2. The van der Waals surface area contributed by atoms with Gasteiger partial charge in [-0.25, -0.2) is 14.2 Å². The van der Waals surface area contributed by atoms with Crippen LogP contribution >= 0.6 is 11.3 Å². The number of hydrogen-bond donors (Lipinski definition) is 2. The van der Waals surface area contributed by atoms with Crippen LogP contribution in [0.3, 0.4) is 0 Å². The van der Waals surface area contributed by atoms with Gasteiger partial charge < -0.3 is 15.5 Å². The van der Waals surface area contributed by atoms with E-state index < -0.39 is 0 Å². The van der Waals surface area contributed by atoms with Gasteiger partial charge in [-0.1, -0.05) is 0 Å². The quantitative estimate of drug-likeness (QED) is 0.899. The van der Waals surface area contributed by atoms with Gasteiger partial charge in [0.05, 0.1) is 17.2 Å². The number of amides is 2. The monoisotopic (exact) mass is 334 g/mol. The second kappa shape index (κ2) is 6.95. The first-order chi connectivity index (χ1) is 11.1. The minimum atomic E-state index is -0.367. The van der Waals surface area contributed by atoms with Crippen molar-refractivity contribution in [3.05, 3.63) is 40.1 Å². The largest absolute Gasteiger partial charge is 0.371 e. The van der Waals surface area contributed by atoms with Crippen molar-refractivity contribution in [3.63, 3.8) is 0 Å². The molecule has 2 amide bonds. The molecule has 1 aliphatic rings. The molecular formula is C16H19FN4OS. The molecule has 0 unspecified atom stereocenters. The lowest BCUT2D eigenvalue weighted by molar-refractivity contribution is 0.251. The van der Waals surface area contributed by atoms with E-state index in [1.165, 1.54) is 12.1 Å². The second-order valence-corrected chi connectivity index (χ2v) is 6.62. The Morgan fingerprint density at radius 2 is 2.13 bits per heavy atom. The first-order valence-corrected chi connectivity index (χ1v) is 8.49. The third-order valence-electron chi connectivity index (χ3n) is 3.71. The van der Waals surface area contributed by atoms with Crippen LogP contribution in [-0.2, 0) is 6.54 Å². The average molecular weight is 334 g/mol. The number of aryl methyl sites for hydroxylation is 1. The Balaban J connectivity index is 1.61. The maximum atomic E-state index is 13.8. The lowest BCUT2D eigenvalue weighted by Crippen LogP contribution is -2.28. The van der Waals surface area contributed by atoms with Crippen LogP contribution in [0.2, 0.25) is 0 Å². The number of thiazole rings is 1. The number of benzene rings is 1. The van der Waals surface area contributed by atoms with E-state index in [4.69, 9.17) is 0 Å². The number of hydrogen-bond acceptors (Lipinski definition) is 4. The van der Waals surface area contributed by atoms with Crippen LogP contribution in [0.25, 0.3) is 0 Å². The predicted molar refractivity (Wildman–Crippen MR) is 90.6 cm³/mol. The normalized spacial score (nSPS) is 14.1. The molecule has 1 aromatic heterocycles. The van der Waals surface area contributed by atoms with E-state index in [0.29, 0.717) is 12.2 Å². The van der Waals surface area contributed by atoms with Gasteiger partial charge in [0.15, 0.2) is 0 Å². The standard InChI is InChI=1S/C16H19FN4OS/c1-11-19-14(10-23-11)9-18-16(22)20-13-6-12(17)7-15(8-13)21-4-2-3-5-21/h6-8,10H,2-5,9H2,1H3,(H2,18,20,22). The van der Waals surface area contributed by atoms with E-state index in [9.17, 15) is 9.18 Å². The molecule has 2 aromatic rings. The van der Waals surface area contributed by atoms with E-state index in [0.717, 1.165) is 42.3 Å². The fourth-order valence-corrected chi connectivity index (χ4v) is 3.25. The van der Waals surface area contributed by atoms with Crippen LogP contribution in [-0.4, -0.2) is 24.1 Å². The fraction of sp³-hybridized carbons (Fsp3) is 0.375. The van der Waals surface area contributed by atoms with Crippen LogP contribution in [0, 0.1) is 12.7 Å². The summed E-state index contributed by atoms with van der Waals surface area (Å²) in [6.07, 6.45) is 2.24. The van der Waals surface area contributed by atoms with Gasteiger partial charge in [0.2, 0.25) is 0 Å². The van der Waals surface area contributed by atoms with Gasteiger partial charge in [0, 0.05) is 29.8 Å². The average Bonchev–Trinajstić information content (AvgIpc) is 3.16. The van der Waals surface area contributed by atoms with Crippen LogP contribution in [0.5, 0.6) is 0 Å². The molecule has 3 rings (SSSR count). The Bertz CT molecular complexity index is 697. The number of rotatable bonds is 4. The molecule has 0 saturated carbocycles. The van der Waals surface area contributed by atoms with Crippen molar-refractivity contribution >= 4 is 28.7 Å². The topological polar surface area (TPSA) is 57.3 Å². The highest BCUT2D eigenvalue weighted by Crippen LogP contribution is 2.25.